The summed E-state index contributed by atoms with van der Waals surface area (Å²) < 4.78 is 21.8. The molecule has 0 aliphatic carbocycles. The Labute approximate surface area is 107 Å². The van der Waals surface area contributed by atoms with Crippen molar-refractivity contribution in [2.45, 2.75) is 6.92 Å². The summed E-state index contributed by atoms with van der Waals surface area (Å²) in [6.45, 7) is 1.94. The average molecular weight is 266 g/mol. The minimum absolute atomic E-state index is 0.234. The van der Waals surface area contributed by atoms with Gasteiger partial charge in [-0.15, -0.1) is 0 Å². The molecule has 1 aromatic rings. The van der Waals surface area contributed by atoms with Crippen molar-refractivity contribution in [1.82, 2.24) is 0 Å². The van der Waals surface area contributed by atoms with Crippen LogP contribution < -0.4 is 0 Å². The number of carbonyl (C=O) groups is 1. The van der Waals surface area contributed by atoms with Crippen LogP contribution in [0.1, 0.15) is 12.5 Å². The second-order valence-corrected chi connectivity index (χ2v) is 5.57. The summed E-state index contributed by atoms with van der Waals surface area (Å²) >= 11 is 0. The zero-order valence-electron chi connectivity index (χ0n) is 10.4. The SMILES string of the molecule is CCOP(=O)(C#Cc1ccccc1)CC(=O)OC. The predicted molar refractivity (Wildman–Crippen MR) is 69.4 cm³/mol. The highest BCUT2D eigenvalue weighted by Crippen LogP contribution is 2.45. The third kappa shape index (κ3) is 4.75. The molecule has 0 radical (unpaired) electrons. The molecule has 0 saturated heterocycles. The molecule has 0 aliphatic heterocycles. The summed E-state index contributed by atoms with van der Waals surface area (Å²) in [6, 6.07) is 9.11. The van der Waals surface area contributed by atoms with Gasteiger partial charge < -0.3 is 9.26 Å². The molecule has 1 rings (SSSR count). The van der Waals surface area contributed by atoms with Crippen molar-refractivity contribution in [2.24, 2.45) is 0 Å². The molecule has 18 heavy (non-hydrogen) atoms. The highest BCUT2D eigenvalue weighted by molar-refractivity contribution is 7.65. The normalized spacial score (nSPS) is 13.0. The number of methoxy groups -OCH3 is 1. The van der Waals surface area contributed by atoms with Crippen LogP contribution in [0, 0.1) is 11.6 Å². The molecular weight excluding hydrogens is 251 g/mol. The van der Waals surface area contributed by atoms with Crippen molar-refractivity contribution in [2.75, 3.05) is 19.9 Å². The highest BCUT2D eigenvalue weighted by atomic mass is 31.2. The van der Waals surface area contributed by atoms with Crippen molar-refractivity contribution in [3.05, 3.63) is 35.9 Å². The number of hydrogen-bond acceptors (Lipinski definition) is 4. The zero-order chi connectivity index (χ0) is 13.4. The Kier molecular flexibility index (Phi) is 5.64. The van der Waals surface area contributed by atoms with Crippen LogP contribution >= 0.6 is 7.37 Å². The predicted octanol–water partition coefficient (Wildman–Crippen LogP) is 2.48. The van der Waals surface area contributed by atoms with E-state index in [-0.39, 0.29) is 12.8 Å². The van der Waals surface area contributed by atoms with Gasteiger partial charge in [0.2, 0.25) is 0 Å². The summed E-state index contributed by atoms with van der Waals surface area (Å²) in [5.74, 6) is 2.16. The van der Waals surface area contributed by atoms with Crippen molar-refractivity contribution in [1.29, 1.82) is 0 Å². The van der Waals surface area contributed by atoms with E-state index in [1.807, 2.05) is 18.2 Å². The van der Waals surface area contributed by atoms with Crippen molar-refractivity contribution in [3.63, 3.8) is 0 Å². The van der Waals surface area contributed by atoms with E-state index in [4.69, 9.17) is 4.52 Å². The standard InChI is InChI=1S/C13H15O4P/c1-3-17-18(15,11-13(14)16-2)10-9-12-7-5-4-6-8-12/h4-8H,3,11H2,1-2H3. The van der Waals surface area contributed by atoms with Gasteiger partial charge in [-0.25, -0.2) is 0 Å². The Bertz CT molecular complexity index is 499. The third-order valence-corrected chi connectivity index (χ3v) is 3.85. The van der Waals surface area contributed by atoms with E-state index in [0.29, 0.717) is 0 Å². The molecule has 0 saturated carbocycles. The van der Waals surface area contributed by atoms with Crippen LogP contribution in [0.3, 0.4) is 0 Å². The van der Waals surface area contributed by atoms with Crippen LogP contribution in [0.2, 0.25) is 0 Å². The van der Waals surface area contributed by atoms with Gasteiger partial charge in [0.15, 0.2) is 0 Å². The number of benzene rings is 1. The maximum Gasteiger partial charge on any atom is 0.316 e. The maximum absolute atomic E-state index is 12.3. The lowest BCUT2D eigenvalue weighted by Crippen LogP contribution is -2.08. The van der Waals surface area contributed by atoms with E-state index < -0.39 is 13.3 Å². The number of ether oxygens (including phenoxy) is 1. The van der Waals surface area contributed by atoms with Gasteiger partial charge in [0.25, 0.3) is 7.37 Å². The minimum atomic E-state index is -3.29. The van der Waals surface area contributed by atoms with E-state index >= 15 is 0 Å². The first-order valence-corrected chi connectivity index (χ1v) is 7.29. The molecule has 1 aromatic carbocycles. The fraction of sp³-hybridized carbons (Fsp3) is 0.308. The van der Waals surface area contributed by atoms with Crippen molar-refractivity contribution < 1.29 is 18.6 Å². The first-order chi connectivity index (χ1) is 8.59. The summed E-state index contributed by atoms with van der Waals surface area (Å²) in [5, 5.41) is 0. The fourth-order valence-electron chi connectivity index (χ4n) is 1.23. The lowest BCUT2D eigenvalue weighted by Gasteiger charge is -2.09. The first kappa shape index (κ1) is 14.5. The van der Waals surface area contributed by atoms with Crippen molar-refractivity contribution >= 4 is 13.3 Å². The second-order valence-electron chi connectivity index (χ2n) is 3.43. The molecule has 0 aromatic heterocycles. The van der Waals surface area contributed by atoms with Crippen LogP contribution in [0.15, 0.2) is 30.3 Å². The minimum Gasteiger partial charge on any atom is -0.469 e. The number of rotatable bonds is 4. The molecule has 0 amide bonds. The summed E-state index contributed by atoms with van der Waals surface area (Å²) in [6.07, 6.45) is -0.322. The highest BCUT2D eigenvalue weighted by Gasteiger charge is 2.24. The van der Waals surface area contributed by atoms with Crippen LogP contribution in [-0.4, -0.2) is 25.8 Å². The lowest BCUT2D eigenvalue weighted by molar-refractivity contribution is -0.137. The topological polar surface area (TPSA) is 52.6 Å². The van der Waals surface area contributed by atoms with E-state index in [1.165, 1.54) is 7.11 Å². The largest absolute Gasteiger partial charge is 0.469 e. The molecule has 0 bridgehead atoms. The molecule has 4 nitrogen and oxygen atoms in total. The number of carbonyl (C=O) groups excluding carboxylic acids is 1. The molecule has 96 valence electrons. The lowest BCUT2D eigenvalue weighted by atomic mass is 10.2. The fourth-order valence-corrected chi connectivity index (χ4v) is 2.65. The molecule has 0 fully saturated rings. The third-order valence-electron chi connectivity index (χ3n) is 2.05. The molecule has 0 aliphatic rings. The van der Waals surface area contributed by atoms with Crippen LogP contribution in [0.25, 0.3) is 0 Å². The van der Waals surface area contributed by atoms with Gasteiger partial charge in [-0.05, 0) is 24.7 Å². The van der Waals surface area contributed by atoms with Crippen molar-refractivity contribution in [3.8, 4) is 11.6 Å². The quantitative estimate of drug-likeness (QED) is 0.477. The van der Waals surface area contributed by atoms with Gasteiger partial charge in [0, 0.05) is 5.56 Å². The number of esters is 1. The molecule has 5 heteroatoms. The monoisotopic (exact) mass is 266 g/mol. The van der Waals surface area contributed by atoms with Gasteiger partial charge in [-0.2, -0.15) is 0 Å². The van der Waals surface area contributed by atoms with Gasteiger partial charge >= 0.3 is 5.97 Å². The first-order valence-electron chi connectivity index (χ1n) is 5.48. The average Bonchev–Trinajstić information content (AvgIpc) is 2.38. The van der Waals surface area contributed by atoms with Gasteiger partial charge in [0.1, 0.15) is 6.16 Å². The number of hydrogen-bond donors (Lipinski definition) is 0. The zero-order valence-corrected chi connectivity index (χ0v) is 11.3. The van der Waals surface area contributed by atoms with E-state index in [2.05, 4.69) is 16.3 Å². The van der Waals surface area contributed by atoms with E-state index in [9.17, 15) is 9.36 Å². The van der Waals surface area contributed by atoms with Crippen LogP contribution in [0.5, 0.6) is 0 Å². The molecule has 1 atom stereocenters. The Morgan fingerprint density at radius 3 is 2.56 bits per heavy atom. The smallest absolute Gasteiger partial charge is 0.316 e. The van der Waals surface area contributed by atoms with E-state index in [0.717, 1.165) is 5.56 Å². The summed E-state index contributed by atoms with van der Waals surface area (Å²) in [7, 11) is -2.05. The molecule has 1 unspecified atom stereocenters. The Balaban J connectivity index is 2.90. The Morgan fingerprint density at radius 2 is 2.00 bits per heavy atom. The Morgan fingerprint density at radius 1 is 1.33 bits per heavy atom. The maximum atomic E-state index is 12.3. The summed E-state index contributed by atoms with van der Waals surface area (Å²) in [4.78, 5) is 11.2. The van der Waals surface area contributed by atoms with Crippen LogP contribution in [0.4, 0.5) is 0 Å². The van der Waals surface area contributed by atoms with Gasteiger partial charge in [-0.1, -0.05) is 24.1 Å². The van der Waals surface area contributed by atoms with Gasteiger partial charge in [-0.3, -0.25) is 9.36 Å². The molecular formula is C13H15O4P. The molecule has 0 N–H and O–H groups in total. The molecule has 0 spiro atoms. The summed E-state index contributed by atoms with van der Waals surface area (Å²) in [5.41, 5.74) is 3.29. The van der Waals surface area contributed by atoms with Gasteiger partial charge in [0.05, 0.1) is 13.7 Å². The van der Waals surface area contributed by atoms with Crippen LogP contribution in [-0.2, 0) is 18.6 Å². The Hall–Kier alpha value is -1.56. The molecule has 0 heterocycles. The van der Waals surface area contributed by atoms with E-state index in [1.54, 1.807) is 19.1 Å². The second kappa shape index (κ2) is 7.00.